The highest BCUT2D eigenvalue weighted by molar-refractivity contribution is 5.88. The lowest BCUT2D eigenvalue weighted by Gasteiger charge is -2.20. The fourth-order valence-electron chi connectivity index (χ4n) is 2.42. The molecule has 0 bridgehead atoms. The Kier molecular flexibility index (Phi) is 3.16. The molecule has 0 saturated carbocycles. The minimum atomic E-state index is -0.948. The van der Waals surface area contributed by atoms with Crippen molar-refractivity contribution >= 4 is 11.6 Å². The topological polar surface area (TPSA) is 76.7 Å². The first-order valence-corrected chi connectivity index (χ1v) is 6.39. The van der Waals surface area contributed by atoms with E-state index in [1.165, 1.54) is 0 Å². The van der Waals surface area contributed by atoms with E-state index in [9.17, 15) is 4.79 Å². The van der Waals surface area contributed by atoms with Crippen LogP contribution < -0.4 is 0 Å². The van der Waals surface area contributed by atoms with Crippen molar-refractivity contribution in [2.24, 2.45) is 5.92 Å². The zero-order chi connectivity index (χ0) is 13.2. The van der Waals surface area contributed by atoms with Crippen LogP contribution in [0.3, 0.4) is 0 Å². The third-order valence-corrected chi connectivity index (χ3v) is 3.54. The number of carbonyl (C=O) groups is 1. The molecular formula is C13H15N3O3. The Balaban J connectivity index is 1.86. The van der Waals surface area contributed by atoms with Gasteiger partial charge in [0.25, 0.3) is 0 Å². The Morgan fingerprint density at radius 2 is 2.21 bits per heavy atom. The van der Waals surface area contributed by atoms with Crippen LogP contribution in [0.2, 0.25) is 0 Å². The first-order valence-electron chi connectivity index (χ1n) is 6.39. The summed E-state index contributed by atoms with van der Waals surface area (Å²) in [6.45, 7) is 1.62. The Hall–Kier alpha value is -1.95. The quantitative estimate of drug-likeness (QED) is 0.903. The molecule has 0 aromatic carbocycles. The summed E-state index contributed by atoms with van der Waals surface area (Å²) in [5.41, 5.74) is 0.819. The summed E-state index contributed by atoms with van der Waals surface area (Å²) in [4.78, 5) is 10.9. The Bertz CT molecular complexity index is 602. The van der Waals surface area contributed by atoms with Crippen LogP contribution >= 0.6 is 0 Å². The van der Waals surface area contributed by atoms with Crippen molar-refractivity contribution in [3.8, 4) is 0 Å². The molecule has 1 fully saturated rings. The second kappa shape index (κ2) is 4.97. The van der Waals surface area contributed by atoms with Crippen LogP contribution in [-0.2, 0) is 11.2 Å². The van der Waals surface area contributed by atoms with Gasteiger partial charge in [0.05, 0.1) is 5.56 Å². The number of aromatic carboxylic acids is 1. The number of ether oxygens (including phenoxy) is 1. The molecule has 2 aromatic heterocycles. The van der Waals surface area contributed by atoms with Crippen LogP contribution in [0.25, 0.3) is 5.65 Å². The highest BCUT2D eigenvalue weighted by atomic mass is 16.5. The van der Waals surface area contributed by atoms with Gasteiger partial charge in [-0.2, -0.15) is 0 Å². The molecule has 6 nitrogen and oxygen atoms in total. The average molecular weight is 261 g/mol. The normalized spacial score (nSPS) is 16.8. The molecule has 2 aromatic rings. The van der Waals surface area contributed by atoms with Crippen LogP contribution in [0.1, 0.15) is 29.0 Å². The maximum absolute atomic E-state index is 10.9. The van der Waals surface area contributed by atoms with Crippen LogP contribution in [0.5, 0.6) is 0 Å². The van der Waals surface area contributed by atoms with E-state index >= 15 is 0 Å². The first-order chi connectivity index (χ1) is 9.24. The molecule has 0 radical (unpaired) electrons. The molecule has 1 saturated heterocycles. The third-order valence-electron chi connectivity index (χ3n) is 3.54. The van der Waals surface area contributed by atoms with Gasteiger partial charge in [0.15, 0.2) is 5.65 Å². The maximum Gasteiger partial charge on any atom is 0.335 e. The van der Waals surface area contributed by atoms with Crippen molar-refractivity contribution in [1.82, 2.24) is 14.6 Å². The molecule has 19 heavy (non-hydrogen) atoms. The maximum atomic E-state index is 10.9. The highest BCUT2D eigenvalue weighted by Crippen LogP contribution is 2.19. The van der Waals surface area contributed by atoms with Gasteiger partial charge in [-0.05, 0) is 30.9 Å². The lowest BCUT2D eigenvalue weighted by atomic mass is 9.96. The molecule has 1 N–H and O–H groups in total. The van der Waals surface area contributed by atoms with Crippen molar-refractivity contribution in [2.45, 2.75) is 19.3 Å². The molecule has 0 atom stereocenters. The van der Waals surface area contributed by atoms with E-state index in [0.717, 1.165) is 38.3 Å². The van der Waals surface area contributed by atoms with Crippen molar-refractivity contribution in [3.63, 3.8) is 0 Å². The summed E-state index contributed by atoms with van der Waals surface area (Å²) < 4.78 is 7.20. The fourth-order valence-corrected chi connectivity index (χ4v) is 2.42. The summed E-state index contributed by atoms with van der Waals surface area (Å²) in [5.74, 6) is 0.510. The van der Waals surface area contributed by atoms with E-state index in [-0.39, 0.29) is 5.56 Å². The highest BCUT2D eigenvalue weighted by Gasteiger charge is 2.17. The smallest absolute Gasteiger partial charge is 0.335 e. The van der Waals surface area contributed by atoms with Gasteiger partial charge in [-0.15, -0.1) is 10.2 Å². The second-order valence-electron chi connectivity index (χ2n) is 4.82. The minimum Gasteiger partial charge on any atom is -0.478 e. The molecule has 100 valence electrons. The van der Waals surface area contributed by atoms with Crippen molar-refractivity contribution < 1.29 is 14.6 Å². The van der Waals surface area contributed by atoms with Crippen molar-refractivity contribution in [3.05, 3.63) is 29.7 Å². The van der Waals surface area contributed by atoms with E-state index in [2.05, 4.69) is 10.2 Å². The lowest BCUT2D eigenvalue weighted by Crippen LogP contribution is -2.18. The molecule has 0 aliphatic carbocycles. The van der Waals surface area contributed by atoms with E-state index in [1.807, 2.05) is 4.40 Å². The number of pyridine rings is 1. The standard InChI is InChI=1S/C13H15N3O3/c17-13(18)10-1-4-16-11(14-15-12(16)8-10)7-9-2-5-19-6-3-9/h1,4,8-9H,2-3,5-7H2,(H,17,18). The Labute approximate surface area is 110 Å². The molecule has 3 heterocycles. The van der Waals surface area contributed by atoms with Crippen LogP contribution in [0.15, 0.2) is 18.3 Å². The largest absolute Gasteiger partial charge is 0.478 e. The van der Waals surface area contributed by atoms with E-state index < -0.39 is 5.97 Å². The van der Waals surface area contributed by atoms with Gasteiger partial charge in [-0.3, -0.25) is 4.40 Å². The summed E-state index contributed by atoms with van der Waals surface area (Å²) in [7, 11) is 0. The number of rotatable bonds is 3. The predicted molar refractivity (Wildman–Crippen MR) is 67.2 cm³/mol. The van der Waals surface area contributed by atoms with Gasteiger partial charge in [0.2, 0.25) is 0 Å². The van der Waals surface area contributed by atoms with E-state index in [1.54, 1.807) is 18.3 Å². The first kappa shape index (κ1) is 12.1. The van der Waals surface area contributed by atoms with Crippen LogP contribution in [-0.4, -0.2) is 38.9 Å². The van der Waals surface area contributed by atoms with Gasteiger partial charge in [-0.25, -0.2) is 4.79 Å². The number of nitrogens with zero attached hydrogens (tertiary/aromatic N) is 3. The zero-order valence-corrected chi connectivity index (χ0v) is 10.5. The molecule has 0 unspecified atom stereocenters. The van der Waals surface area contributed by atoms with E-state index in [0.29, 0.717) is 11.6 Å². The summed E-state index contributed by atoms with van der Waals surface area (Å²) >= 11 is 0. The second-order valence-corrected chi connectivity index (χ2v) is 4.82. The Morgan fingerprint density at radius 1 is 1.42 bits per heavy atom. The predicted octanol–water partition coefficient (Wildman–Crippen LogP) is 1.40. The van der Waals surface area contributed by atoms with Crippen molar-refractivity contribution in [1.29, 1.82) is 0 Å². The van der Waals surface area contributed by atoms with Crippen LogP contribution in [0, 0.1) is 5.92 Å². The molecule has 3 rings (SSSR count). The molecule has 0 amide bonds. The Morgan fingerprint density at radius 3 is 2.95 bits per heavy atom. The number of aromatic nitrogens is 3. The molecular weight excluding hydrogens is 246 g/mol. The molecule has 1 aliphatic heterocycles. The number of fused-ring (bicyclic) bond motifs is 1. The zero-order valence-electron chi connectivity index (χ0n) is 10.5. The minimum absolute atomic E-state index is 0.234. The number of carboxylic acids is 1. The monoisotopic (exact) mass is 261 g/mol. The van der Waals surface area contributed by atoms with Crippen molar-refractivity contribution in [2.75, 3.05) is 13.2 Å². The SMILES string of the molecule is O=C(O)c1ccn2c(CC3CCOCC3)nnc2c1. The lowest BCUT2D eigenvalue weighted by molar-refractivity contribution is 0.0658. The molecule has 1 aliphatic rings. The number of hydrogen-bond acceptors (Lipinski definition) is 4. The van der Waals surface area contributed by atoms with Crippen LogP contribution in [0.4, 0.5) is 0 Å². The van der Waals surface area contributed by atoms with E-state index in [4.69, 9.17) is 9.84 Å². The summed E-state index contributed by atoms with van der Waals surface area (Å²) in [5, 5.41) is 17.2. The average Bonchev–Trinajstić information content (AvgIpc) is 2.82. The fraction of sp³-hybridized carbons (Fsp3) is 0.462. The van der Waals surface area contributed by atoms with Gasteiger partial charge >= 0.3 is 5.97 Å². The van der Waals surface area contributed by atoms with Gasteiger partial charge in [-0.1, -0.05) is 0 Å². The summed E-state index contributed by atoms with van der Waals surface area (Å²) in [6, 6.07) is 3.12. The third kappa shape index (κ3) is 2.44. The summed E-state index contributed by atoms with van der Waals surface area (Å²) in [6.07, 6.45) is 4.68. The molecule has 0 spiro atoms. The molecule has 6 heteroatoms. The van der Waals surface area contributed by atoms with Gasteiger partial charge < -0.3 is 9.84 Å². The van der Waals surface area contributed by atoms with Gasteiger partial charge in [0, 0.05) is 25.8 Å². The number of hydrogen-bond donors (Lipinski definition) is 1. The number of carboxylic acid groups (broad SMARTS) is 1. The van der Waals surface area contributed by atoms with Gasteiger partial charge in [0.1, 0.15) is 5.82 Å².